The number of aromatic nitrogens is 2. The molecule has 1 amide bonds. The lowest BCUT2D eigenvalue weighted by Gasteiger charge is -2.04. The lowest BCUT2D eigenvalue weighted by molar-refractivity contribution is 0.102. The van der Waals surface area contributed by atoms with Crippen molar-refractivity contribution < 1.29 is 9.21 Å². The molecule has 124 valence electrons. The molecule has 0 aliphatic carbocycles. The number of benzene rings is 2. The van der Waals surface area contributed by atoms with Crippen LogP contribution in [0.25, 0.3) is 22.4 Å². The van der Waals surface area contributed by atoms with E-state index in [0.29, 0.717) is 27.5 Å². The maximum absolute atomic E-state index is 12.4. The third-order valence-corrected chi connectivity index (χ3v) is 4.59. The minimum Gasteiger partial charge on any atom is -0.408 e. The van der Waals surface area contributed by atoms with E-state index in [9.17, 15) is 9.59 Å². The number of amides is 1. The largest absolute Gasteiger partial charge is 0.417 e. The fourth-order valence-electron chi connectivity index (χ4n) is 2.56. The first-order chi connectivity index (χ1) is 12.1. The van der Waals surface area contributed by atoms with Crippen molar-refractivity contribution in [3.05, 3.63) is 69.5 Å². The number of carbonyl (C=O) groups is 1. The van der Waals surface area contributed by atoms with E-state index in [-0.39, 0.29) is 5.91 Å². The number of rotatable bonds is 3. The number of aromatic amines is 1. The summed E-state index contributed by atoms with van der Waals surface area (Å²) in [5.41, 5.74) is 4.15. The van der Waals surface area contributed by atoms with E-state index in [1.807, 2.05) is 36.6 Å². The summed E-state index contributed by atoms with van der Waals surface area (Å²) in [6, 6.07) is 12.7. The summed E-state index contributed by atoms with van der Waals surface area (Å²) in [6.07, 6.45) is 0. The van der Waals surface area contributed by atoms with Crippen LogP contribution in [0.4, 0.5) is 5.13 Å². The molecule has 2 heterocycles. The number of carbonyl (C=O) groups excluding carboxylic acids is 1. The number of thiazole rings is 1. The summed E-state index contributed by atoms with van der Waals surface area (Å²) in [4.78, 5) is 30.6. The van der Waals surface area contributed by atoms with E-state index < -0.39 is 5.76 Å². The monoisotopic (exact) mass is 351 g/mol. The minimum atomic E-state index is -0.489. The van der Waals surface area contributed by atoms with Gasteiger partial charge >= 0.3 is 5.76 Å². The number of H-pyrrole nitrogens is 1. The summed E-state index contributed by atoms with van der Waals surface area (Å²) >= 11 is 1.34. The Kier molecular flexibility index (Phi) is 3.70. The fraction of sp³-hybridized carbons (Fsp3) is 0.0556. The highest BCUT2D eigenvalue weighted by Gasteiger charge is 2.12. The second-order valence-electron chi connectivity index (χ2n) is 5.53. The summed E-state index contributed by atoms with van der Waals surface area (Å²) in [7, 11) is 0. The Bertz CT molecular complexity index is 1140. The number of hydrogen-bond acceptors (Lipinski definition) is 5. The molecule has 2 aromatic heterocycles. The Labute approximate surface area is 146 Å². The number of nitrogens with zero attached hydrogens (tertiary/aromatic N) is 1. The maximum atomic E-state index is 12.4. The van der Waals surface area contributed by atoms with Gasteiger partial charge in [0.05, 0.1) is 11.2 Å². The summed E-state index contributed by atoms with van der Waals surface area (Å²) < 4.78 is 5.07. The maximum Gasteiger partial charge on any atom is 0.417 e. The van der Waals surface area contributed by atoms with E-state index >= 15 is 0 Å². The Balaban J connectivity index is 1.60. The van der Waals surface area contributed by atoms with E-state index in [1.54, 1.807) is 18.2 Å². The van der Waals surface area contributed by atoms with Gasteiger partial charge in [0, 0.05) is 16.5 Å². The lowest BCUT2D eigenvalue weighted by Crippen LogP contribution is -2.12. The summed E-state index contributed by atoms with van der Waals surface area (Å²) in [5.74, 6) is -0.678. The molecule has 0 saturated heterocycles. The highest BCUT2D eigenvalue weighted by atomic mass is 32.1. The number of oxazole rings is 1. The van der Waals surface area contributed by atoms with Crippen LogP contribution >= 0.6 is 11.3 Å². The molecule has 2 N–H and O–H groups in total. The Morgan fingerprint density at radius 1 is 1.24 bits per heavy atom. The van der Waals surface area contributed by atoms with Gasteiger partial charge < -0.3 is 4.42 Å². The first-order valence-electron chi connectivity index (χ1n) is 7.56. The van der Waals surface area contributed by atoms with Gasteiger partial charge in [-0.05, 0) is 30.7 Å². The molecule has 0 bridgehead atoms. The molecule has 0 saturated carbocycles. The highest BCUT2D eigenvalue weighted by Crippen LogP contribution is 2.27. The zero-order chi connectivity index (χ0) is 17.4. The van der Waals surface area contributed by atoms with Crippen LogP contribution in [0.15, 0.2) is 57.1 Å². The SMILES string of the molecule is Cc1ccccc1C(=O)Nc1nc(-c2ccc3[nH]c(=O)oc3c2)cs1. The molecule has 0 aliphatic rings. The van der Waals surface area contributed by atoms with Crippen LogP contribution in [0.2, 0.25) is 0 Å². The standard InChI is InChI=1S/C18H13N3O3S/c1-10-4-2-3-5-12(10)16(22)21-17-19-14(9-25-17)11-6-7-13-15(8-11)24-18(23)20-13/h2-9H,1H3,(H,20,23)(H,19,21,22). The molecule has 2 aromatic carbocycles. The van der Waals surface area contributed by atoms with Crippen LogP contribution in [0.5, 0.6) is 0 Å². The van der Waals surface area contributed by atoms with Crippen molar-refractivity contribution in [2.24, 2.45) is 0 Å². The third kappa shape index (κ3) is 2.97. The normalized spacial score (nSPS) is 10.9. The summed E-state index contributed by atoms with van der Waals surface area (Å²) in [6.45, 7) is 1.89. The van der Waals surface area contributed by atoms with Crippen molar-refractivity contribution in [1.29, 1.82) is 0 Å². The van der Waals surface area contributed by atoms with Gasteiger partial charge in [-0.2, -0.15) is 0 Å². The molecule has 0 unspecified atom stereocenters. The number of fused-ring (bicyclic) bond motifs is 1. The highest BCUT2D eigenvalue weighted by molar-refractivity contribution is 7.14. The predicted molar refractivity (Wildman–Crippen MR) is 97.1 cm³/mol. The number of nitrogens with one attached hydrogen (secondary N) is 2. The van der Waals surface area contributed by atoms with Crippen LogP contribution in [-0.4, -0.2) is 15.9 Å². The van der Waals surface area contributed by atoms with Crippen LogP contribution in [0, 0.1) is 6.92 Å². The van der Waals surface area contributed by atoms with E-state index in [1.165, 1.54) is 11.3 Å². The molecule has 7 heteroatoms. The van der Waals surface area contributed by atoms with Gasteiger partial charge in [-0.3, -0.25) is 15.1 Å². The smallest absolute Gasteiger partial charge is 0.408 e. The van der Waals surface area contributed by atoms with Gasteiger partial charge in [-0.15, -0.1) is 11.3 Å². The van der Waals surface area contributed by atoms with E-state index in [4.69, 9.17) is 4.42 Å². The number of aryl methyl sites for hydroxylation is 1. The van der Waals surface area contributed by atoms with Crippen LogP contribution in [-0.2, 0) is 0 Å². The minimum absolute atomic E-state index is 0.189. The molecule has 6 nitrogen and oxygen atoms in total. The van der Waals surface area contributed by atoms with Crippen LogP contribution in [0.3, 0.4) is 0 Å². The van der Waals surface area contributed by atoms with Crippen LogP contribution in [0.1, 0.15) is 15.9 Å². The van der Waals surface area contributed by atoms with Crippen molar-refractivity contribution in [1.82, 2.24) is 9.97 Å². The molecule has 25 heavy (non-hydrogen) atoms. The molecule has 0 radical (unpaired) electrons. The topological polar surface area (TPSA) is 88.0 Å². The van der Waals surface area contributed by atoms with Gasteiger partial charge in [-0.1, -0.05) is 24.3 Å². The molecule has 4 rings (SSSR count). The zero-order valence-corrected chi connectivity index (χ0v) is 14.0. The van der Waals surface area contributed by atoms with Crippen molar-refractivity contribution in [2.75, 3.05) is 5.32 Å². The predicted octanol–water partition coefficient (Wildman–Crippen LogP) is 3.81. The van der Waals surface area contributed by atoms with Crippen molar-refractivity contribution in [3.8, 4) is 11.3 Å². The molecular weight excluding hydrogens is 338 g/mol. The fourth-order valence-corrected chi connectivity index (χ4v) is 3.28. The first-order valence-corrected chi connectivity index (χ1v) is 8.44. The van der Waals surface area contributed by atoms with Gasteiger partial charge in [-0.25, -0.2) is 9.78 Å². The average molecular weight is 351 g/mol. The average Bonchev–Trinajstić information content (AvgIpc) is 3.19. The number of hydrogen-bond donors (Lipinski definition) is 2. The Morgan fingerprint density at radius 3 is 2.92 bits per heavy atom. The van der Waals surface area contributed by atoms with Gasteiger partial charge in [0.1, 0.15) is 0 Å². The lowest BCUT2D eigenvalue weighted by atomic mass is 10.1. The second kappa shape index (κ2) is 6.03. The third-order valence-electron chi connectivity index (χ3n) is 3.83. The van der Waals surface area contributed by atoms with Gasteiger partial charge in [0.2, 0.25) is 0 Å². The molecule has 0 aliphatic heterocycles. The Hall–Kier alpha value is -3.19. The van der Waals surface area contributed by atoms with Crippen molar-refractivity contribution in [3.63, 3.8) is 0 Å². The molecule has 0 fully saturated rings. The van der Waals surface area contributed by atoms with Crippen molar-refractivity contribution in [2.45, 2.75) is 6.92 Å². The Morgan fingerprint density at radius 2 is 2.08 bits per heavy atom. The quantitative estimate of drug-likeness (QED) is 0.587. The number of anilines is 1. The van der Waals surface area contributed by atoms with E-state index in [0.717, 1.165) is 11.1 Å². The van der Waals surface area contributed by atoms with Crippen molar-refractivity contribution >= 4 is 33.5 Å². The van der Waals surface area contributed by atoms with E-state index in [2.05, 4.69) is 15.3 Å². The molecule has 4 aromatic rings. The van der Waals surface area contributed by atoms with Gasteiger partial charge in [0.25, 0.3) is 5.91 Å². The second-order valence-corrected chi connectivity index (χ2v) is 6.39. The molecule has 0 spiro atoms. The molecular formula is C18H13N3O3S. The molecule has 0 atom stereocenters. The van der Waals surface area contributed by atoms with Gasteiger partial charge in [0.15, 0.2) is 10.7 Å². The zero-order valence-electron chi connectivity index (χ0n) is 13.2. The first kappa shape index (κ1) is 15.3. The summed E-state index contributed by atoms with van der Waals surface area (Å²) in [5, 5.41) is 5.18. The van der Waals surface area contributed by atoms with Crippen LogP contribution < -0.4 is 11.1 Å².